The van der Waals surface area contributed by atoms with Gasteiger partial charge in [-0.05, 0) is 38.0 Å². The molecule has 0 aromatic carbocycles. The Kier molecular flexibility index (Phi) is 2.60. The lowest BCUT2D eigenvalue weighted by molar-refractivity contribution is -0.907. The fourth-order valence-electron chi connectivity index (χ4n) is 2.04. The Balaban J connectivity index is 1.81. The maximum atomic E-state index is 3.38. The van der Waals surface area contributed by atoms with Crippen LogP contribution in [-0.4, -0.2) is 31.2 Å². The van der Waals surface area contributed by atoms with Gasteiger partial charge in [-0.3, -0.25) is 0 Å². The van der Waals surface area contributed by atoms with Crippen LogP contribution in [0, 0.1) is 17.8 Å². The van der Waals surface area contributed by atoms with Crippen molar-refractivity contribution in [2.45, 2.75) is 32.1 Å². The highest BCUT2D eigenvalue weighted by Gasteiger charge is 2.23. The Morgan fingerprint density at radius 3 is 2.46 bits per heavy atom. The van der Waals surface area contributed by atoms with Gasteiger partial charge in [-0.25, -0.2) is 0 Å². The largest absolute Gasteiger partial charge is 0.316 e. The van der Waals surface area contributed by atoms with E-state index >= 15 is 0 Å². The molecule has 1 heteroatoms. The summed E-state index contributed by atoms with van der Waals surface area (Å²) in [6, 6.07) is 0. The van der Waals surface area contributed by atoms with Crippen molar-refractivity contribution in [3.05, 3.63) is 0 Å². The molecule has 1 saturated carbocycles. The van der Waals surface area contributed by atoms with Gasteiger partial charge in [0.2, 0.25) is 0 Å². The summed E-state index contributed by atoms with van der Waals surface area (Å²) in [7, 11) is 2.36. The Morgan fingerprint density at radius 2 is 1.85 bits per heavy atom. The van der Waals surface area contributed by atoms with E-state index < -0.39 is 0 Å². The first-order chi connectivity index (χ1) is 6.29. The van der Waals surface area contributed by atoms with Gasteiger partial charge in [-0.15, -0.1) is 0 Å². The molecule has 0 unspecified atom stereocenters. The third-order valence-electron chi connectivity index (χ3n) is 3.24. The molecular formula is C12H20N+. The second-order valence-corrected chi connectivity index (χ2v) is 4.88. The predicted octanol–water partition coefficient (Wildman–Crippen LogP) is 2.03. The molecule has 72 valence electrons. The minimum absolute atomic E-state index is 0.774. The average Bonchev–Trinajstić information content (AvgIpc) is 2.89. The van der Waals surface area contributed by atoms with E-state index in [1.165, 1.54) is 49.7 Å². The number of hydrogen-bond donors (Lipinski definition) is 0. The smallest absolute Gasteiger partial charge is 0.140 e. The number of quaternary nitrogens is 1. The summed E-state index contributed by atoms with van der Waals surface area (Å²) >= 11 is 0. The highest BCUT2D eigenvalue weighted by Crippen LogP contribution is 2.27. The maximum absolute atomic E-state index is 3.38. The minimum atomic E-state index is 0.774. The third-order valence-corrected chi connectivity index (χ3v) is 3.24. The van der Waals surface area contributed by atoms with Crippen molar-refractivity contribution in [3.8, 4) is 11.8 Å². The average molecular weight is 178 g/mol. The topological polar surface area (TPSA) is 0 Å². The zero-order valence-electron chi connectivity index (χ0n) is 8.68. The summed E-state index contributed by atoms with van der Waals surface area (Å²) in [4.78, 5) is 0. The molecule has 13 heavy (non-hydrogen) atoms. The minimum Gasteiger partial charge on any atom is -0.316 e. The van der Waals surface area contributed by atoms with E-state index in [-0.39, 0.29) is 0 Å². The van der Waals surface area contributed by atoms with E-state index in [0.717, 1.165) is 12.5 Å². The van der Waals surface area contributed by atoms with Gasteiger partial charge in [0.05, 0.1) is 20.1 Å². The zero-order valence-corrected chi connectivity index (χ0v) is 8.68. The van der Waals surface area contributed by atoms with Gasteiger partial charge < -0.3 is 4.48 Å². The Labute approximate surface area is 81.7 Å². The molecule has 0 radical (unpaired) electrons. The van der Waals surface area contributed by atoms with Crippen LogP contribution in [0.2, 0.25) is 0 Å². The van der Waals surface area contributed by atoms with Gasteiger partial charge in [-0.1, -0.05) is 5.92 Å². The van der Waals surface area contributed by atoms with Gasteiger partial charge >= 0.3 is 0 Å². The SMILES string of the molecule is C[N+]1(CC#CC2CC2)CCCCC1. The first-order valence-electron chi connectivity index (χ1n) is 5.60. The molecule has 2 aliphatic rings. The van der Waals surface area contributed by atoms with E-state index in [1.54, 1.807) is 0 Å². The zero-order chi connectivity index (χ0) is 9.15. The van der Waals surface area contributed by atoms with Crippen molar-refractivity contribution < 1.29 is 4.48 Å². The van der Waals surface area contributed by atoms with Crippen LogP contribution in [0.15, 0.2) is 0 Å². The monoisotopic (exact) mass is 178 g/mol. The van der Waals surface area contributed by atoms with E-state index in [1.807, 2.05) is 0 Å². The van der Waals surface area contributed by atoms with Gasteiger partial charge in [0.25, 0.3) is 0 Å². The fraction of sp³-hybridized carbons (Fsp3) is 0.833. The molecule has 0 aromatic heterocycles. The molecule has 0 bridgehead atoms. The second-order valence-electron chi connectivity index (χ2n) is 4.88. The quantitative estimate of drug-likeness (QED) is 0.426. The van der Waals surface area contributed by atoms with Gasteiger partial charge in [0.15, 0.2) is 0 Å². The van der Waals surface area contributed by atoms with Crippen LogP contribution in [-0.2, 0) is 0 Å². The number of piperidine rings is 1. The summed E-state index contributed by atoms with van der Waals surface area (Å²) < 4.78 is 1.21. The van der Waals surface area contributed by atoms with E-state index in [9.17, 15) is 0 Å². The summed E-state index contributed by atoms with van der Waals surface area (Å²) in [6.07, 6.45) is 6.96. The summed E-state index contributed by atoms with van der Waals surface area (Å²) in [6.45, 7) is 3.79. The molecule has 2 rings (SSSR count). The lowest BCUT2D eigenvalue weighted by Crippen LogP contribution is -2.47. The standard InChI is InChI=1S/C12H20N/c1-13(9-3-2-4-10-13)11-5-6-12-7-8-12/h12H,2-4,7-11H2,1H3/q+1. The number of likely N-dealkylation sites (tertiary alicyclic amines) is 1. The lowest BCUT2D eigenvalue weighted by atomic mass is 10.1. The van der Waals surface area contributed by atoms with Crippen molar-refractivity contribution in [2.75, 3.05) is 26.7 Å². The molecule has 0 spiro atoms. The van der Waals surface area contributed by atoms with Crippen molar-refractivity contribution in [1.29, 1.82) is 0 Å². The number of nitrogens with zero attached hydrogens (tertiary/aromatic N) is 1. The van der Waals surface area contributed by atoms with Gasteiger partial charge in [-0.2, -0.15) is 0 Å². The molecule has 0 amide bonds. The van der Waals surface area contributed by atoms with Crippen molar-refractivity contribution in [2.24, 2.45) is 5.92 Å². The van der Waals surface area contributed by atoms with E-state index in [2.05, 4.69) is 18.9 Å². The van der Waals surface area contributed by atoms with Crippen molar-refractivity contribution >= 4 is 0 Å². The summed E-state index contributed by atoms with van der Waals surface area (Å²) in [5.41, 5.74) is 0. The van der Waals surface area contributed by atoms with Crippen LogP contribution >= 0.6 is 0 Å². The van der Waals surface area contributed by atoms with Crippen molar-refractivity contribution in [1.82, 2.24) is 0 Å². The molecule has 1 heterocycles. The van der Waals surface area contributed by atoms with Crippen LogP contribution in [0.1, 0.15) is 32.1 Å². The van der Waals surface area contributed by atoms with Gasteiger partial charge in [0.1, 0.15) is 6.54 Å². The molecule has 1 aliphatic carbocycles. The van der Waals surface area contributed by atoms with Crippen LogP contribution < -0.4 is 0 Å². The van der Waals surface area contributed by atoms with Crippen LogP contribution in [0.25, 0.3) is 0 Å². The lowest BCUT2D eigenvalue weighted by Gasteiger charge is -2.35. The Morgan fingerprint density at radius 1 is 1.15 bits per heavy atom. The summed E-state index contributed by atoms with van der Waals surface area (Å²) in [5.74, 6) is 7.52. The number of rotatable bonds is 1. The summed E-state index contributed by atoms with van der Waals surface area (Å²) in [5, 5.41) is 0. The first kappa shape index (κ1) is 9.09. The van der Waals surface area contributed by atoms with E-state index in [4.69, 9.17) is 0 Å². The molecule has 0 atom stereocenters. The third kappa shape index (κ3) is 2.74. The van der Waals surface area contributed by atoms with Gasteiger partial charge in [0, 0.05) is 5.92 Å². The molecule has 0 aromatic rings. The maximum Gasteiger partial charge on any atom is 0.140 e. The Hall–Kier alpha value is -0.480. The second kappa shape index (κ2) is 3.72. The van der Waals surface area contributed by atoms with Crippen LogP contribution in [0.4, 0.5) is 0 Å². The molecule has 2 fully saturated rings. The number of hydrogen-bond acceptors (Lipinski definition) is 0. The molecule has 0 N–H and O–H groups in total. The highest BCUT2D eigenvalue weighted by atomic mass is 15.3. The fourth-order valence-corrected chi connectivity index (χ4v) is 2.04. The van der Waals surface area contributed by atoms with E-state index in [0.29, 0.717) is 0 Å². The molecule has 1 nitrogen and oxygen atoms in total. The predicted molar refractivity (Wildman–Crippen MR) is 55.1 cm³/mol. The van der Waals surface area contributed by atoms with Crippen LogP contribution in [0.3, 0.4) is 0 Å². The normalized spacial score (nSPS) is 26.2. The molecule has 1 saturated heterocycles. The Bertz CT molecular complexity index is 223. The first-order valence-corrected chi connectivity index (χ1v) is 5.60. The van der Waals surface area contributed by atoms with Crippen LogP contribution in [0.5, 0.6) is 0 Å². The van der Waals surface area contributed by atoms with Crippen molar-refractivity contribution in [3.63, 3.8) is 0 Å². The highest BCUT2D eigenvalue weighted by molar-refractivity contribution is 5.09. The molecular weight excluding hydrogens is 158 g/mol. The molecule has 1 aliphatic heterocycles.